The number of rotatable bonds is 1. The van der Waals surface area contributed by atoms with Crippen LogP contribution in [-0.4, -0.2) is 32.5 Å². The number of hydrogen-bond acceptors (Lipinski definition) is 4. The number of halogens is 1. The van der Waals surface area contributed by atoms with Gasteiger partial charge in [-0.25, -0.2) is 4.98 Å². The third-order valence-corrected chi connectivity index (χ3v) is 4.69. The van der Waals surface area contributed by atoms with Crippen LogP contribution in [0.15, 0.2) is 6.33 Å². The van der Waals surface area contributed by atoms with E-state index in [9.17, 15) is 0 Å². The lowest BCUT2D eigenvalue weighted by Crippen LogP contribution is -2.35. The zero-order chi connectivity index (χ0) is 12.8. The highest BCUT2D eigenvalue weighted by molar-refractivity contribution is 6.28. The van der Waals surface area contributed by atoms with Crippen LogP contribution in [0.4, 0.5) is 5.82 Å². The molecule has 1 saturated carbocycles. The summed E-state index contributed by atoms with van der Waals surface area (Å²) in [6, 6.07) is 0.617. The van der Waals surface area contributed by atoms with E-state index in [0.29, 0.717) is 11.7 Å². The minimum atomic E-state index is 0.286. The Kier molecular flexibility index (Phi) is 2.62. The van der Waals surface area contributed by atoms with Crippen LogP contribution in [-0.2, 0) is 0 Å². The summed E-state index contributed by atoms with van der Waals surface area (Å²) in [6.07, 6.45) is 8.24. The van der Waals surface area contributed by atoms with Crippen LogP contribution in [0.3, 0.4) is 0 Å². The molecular weight excluding hydrogens is 262 g/mol. The maximum atomic E-state index is 6.03. The zero-order valence-electron chi connectivity index (χ0n) is 10.6. The standard InChI is InChI=1S/C13H16ClN5/c14-13-17-11-10(15-7-16-11)12(18-13)19-6-5-8-3-1-2-4-9(8)19/h7-9H,1-6H2,(H,15,16,17,18). The molecule has 3 heterocycles. The van der Waals surface area contributed by atoms with Crippen molar-refractivity contribution in [3.63, 3.8) is 0 Å². The van der Waals surface area contributed by atoms with E-state index in [1.165, 1.54) is 32.1 Å². The van der Waals surface area contributed by atoms with Gasteiger partial charge in [-0.2, -0.15) is 9.97 Å². The van der Waals surface area contributed by atoms with Crippen LogP contribution in [0.5, 0.6) is 0 Å². The van der Waals surface area contributed by atoms with Crippen LogP contribution in [0, 0.1) is 5.92 Å². The smallest absolute Gasteiger partial charge is 0.226 e. The molecule has 1 aliphatic carbocycles. The fourth-order valence-electron chi connectivity index (χ4n) is 3.67. The lowest BCUT2D eigenvalue weighted by Gasteiger charge is -2.32. The average Bonchev–Trinajstić information content (AvgIpc) is 3.03. The number of imidazole rings is 1. The van der Waals surface area contributed by atoms with Crippen molar-refractivity contribution in [2.45, 2.75) is 38.1 Å². The number of nitrogens with zero attached hydrogens (tertiary/aromatic N) is 4. The van der Waals surface area contributed by atoms with E-state index in [2.05, 4.69) is 24.8 Å². The largest absolute Gasteiger partial charge is 0.351 e. The summed E-state index contributed by atoms with van der Waals surface area (Å²) in [6.45, 7) is 1.07. The summed E-state index contributed by atoms with van der Waals surface area (Å²) in [5.74, 6) is 1.75. The minimum Gasteiger partial charge on any atom is -0.351 e. The number of anilines is 1. The molecular formula is C13H16ClN5. The summed E-state index contributed by atoms with van der Waals surface area (Å²) in [4.78, 5) is 18.4. The Labute approximate surface area is 116 Å². The fraction of sp³-hybridized carbons (Fsp3) is 0.615. The summed E-state index contributed by atoms with van der Waals surface area (Å²) in [5.41, 5.74) is 1.57. The minimum absolute atomic E-state index is 0.286. The van der Waals surface area contributed by atoms with E-state index in [-0.39, 0.29) is 5.28 Å². The molecule has 2 unspecified atom stereocenters. The molecule has 1 saturated heterocycles. The molecule has 0 radical (unpaired) electrons. The first-order chi connectivity index (χ1) is 9.33. The molecule has 0 amide bonds. The summed E-state index contributed by atoms with van der Waals surface area (Å²) in [5, 5.41) is 0.286. The Balaban J connectivity index is 1.79. The van der Waals surface area contributed by atoms with E-state index < -0.39 is 0 Å². The Morgan fingerprint density at radius 2 is 2.11 bits per heavy atom. The van der Waals surface area contributed by atoms with Crippen LogP contribution < -0.4 is 4.90 Å². The van der Waals surface area contributed by atoms with E-state index >= 15 is 0 Å². The monoisotopic (exact) mass is 277 g/mol. The topological polar surface area (TPSA) is 57.7 Å². The molecule has 100 valence electrons. The second-order valence-corrected chi connectivity index (χ2v) is 5.85. The highest BCUT2D eigenvalue weighted by Gasteiger charge is 2.37. The Hall–Kier alpha value is -1.36. The number of H-pyrrole nitrogens is 1. The van der Waals surface area contributed by atoms with Gasteiger partial charge in [0.1, 0.15) is 5.52 Å². The maximum absolute atomic E-state index is 6.03. The number of aromatic nitrogens is 4. The Bertz CT molecular complexity index is 610. The van der Waals surface area contributed by atoms with Gasteiger partial charge in [0.15, 0.2) is 11.5 Å². The van der Waals surface area contributed by atoms with Crippen molar-refractivity contribution >= 4 is 28.6 Å². The first-order valence-corrected chi connectivity index (χ1v) is 7.34. The Morgan fingerprint density at radius 3 is 3.05 bits per heavy atom. The second-order valence-electron chi connectivity index (χ2n) is 5.51. The predicted octanol–water partition coefficient (Wildman–Crippen LogP) is 2.78. The summed E-state index contributed by atoms with van der Waals surface area (Å²) >= 11 is 6.03. The lowest BCUT2D eigenvalue weighted by molar-refractivity contribution is 0.341. The van der Waals surface area contributed by atoms with Crippen molar-refractivity contribution in [1.29, 1.82) is 0 Å². The quantitative estimate of drug-likeness (QED) is 0.815. The van der Waals surface area contributed by atoms with Crippen LogP contribution in [0.2, 0.25) is 5.28 Å². The molecule has 2 aromatic heterocycles. The van der Waals surface area contributed by atoms with E-state index in [0.717, 1.165) is 23.8 Å². The molecule has 0 bridgehead atoms. The van der Waals surface area contributed by atoms with E-state index in [4.69, 9.17) is 11.6 Å². The second kappa shape index (κ2) is 4.34. The molecule has 2 atom stereocenters. The van der Waals surface area contributed by atoms with Gasteiger partial charge in [-0.15, -0.1) is 0 Å². The number of fused-ring (bicyclic) bond motifs is 2. The van der Waals surface area contributed by atoms with Gasteiger partial charge in [0, 0.05) is 12.6 Å². The van der Waals surface area contributed by atoms with Crippen molar-refractivity contribution in [2.75, 3.05) is 11.4 Å². The highest BCUT2D eigenvalue weighted by Crippen LogP contribution is 2.39. The van der Waals surface area contributed by atoms with Crippen LogP contribution in [0.1, 0.15) is 32.1 Å². The van der Waals surface area contributed by atoms with Crippen molar-refractivity contribution in [1.82, 2.24) is 19.9 Å². The summed E-state index contributed by atoms with van der Waals surface area (Å²) in [7, 11) is 0. The van der Waals surface area contributed by atoms with E-state index in [1.807, 2.05) is 0 Å². The van der Waals surface area contributed by atoms with Crippen molar-refractivity contribution in [2.24, 2.45) is 5.92 Å². The van der Waals surface area contributed by atoms with Gasteiger partial charge in [-0.3, -0.25) is 0 Å². The maximum Gasteiger partial charge on any atom is 0.226 e. The fourth-order valence-corrected chi connectivity index (χ4v) is 3.83. The normalized spacial score (nSPS) is 26.9. The number of nitrogens with one attached hydrogen (secondary N) is 1. The van der Waals surface area contributed by atoms with Crippen molar-refractivity contribution in [3.05, 3.63) is 11.6 Å². The predicted molar refractivity (Wildman–Crippen MR) is 74.4 cm³/mol. The average molecular weight is 278 g/mol. The molecule has 19 heavy (non-hydrogen) atoms. The molecule has 2 aromatic rings. The third-order valence-electron chi connectivity index (χ3n) is 4.52. The zero-order valence-corrected chi connectivity index (χ0v) is 11.4. The molecule has 1 N–H and O–H groups in total. The molecule has 0 spiro atoms. The molecule has 6 heteroatoms. The molecule has 4 rings (SSSR count). The van der Waals surface area contributed by atoms with Crippen molar-refractivity contribution < 1.29 is 0 Å². The van der Waals surface area contributed by atoms with Gasteiger partial charge in [0.25, 0.3) is 0 Å². The van der Waals surface area contributed by atoms with Gasteiger partial charge in [0.2, 0.25) is 5.28 Å². The lowest BCUT2D eigenvalue weighted by atomic mass is 9.85. The van der Waals surface area contributed by atoms with Gasteiger partial charge < -0.3 is 9.88 Å². The molecule has 2 aliphatic rings. The molecule has 2 fully saturated rings. The third kappa shape index (κ3) is 1.79. The SMILES string of the molecule is Clc1nc(N2CCC3CCCCC32)c2[nH]cnc2n1. The Morgan fingerprint density at radius 1 is 1.21 bits per heavy atom. The first-order valence-electron chi connectivity index (χ1n) is 6.96. The number of aromatic amines is 1. The van der Waals surface area contributed by atoms with Gasteiger partial charge >= 0.3 is 0 Å². The number of hydrogen-bond donors (Lipinski definition) is 1. The highest BCUT2D eigenvalue weighted by atomic mass is 35.5. The van der Waals surface area contributed by atoms with Gasteiger partial charge in [-0.1, -0.05) is 12.8 Å². The first kappa shape index (κ1) is 11.5. The van der Waals surface area contributed by atoms with Crippen LogP contribution >= 0.6 is 11.6 Å². The summed E-state index contributed by atoms with van der Waals surface area (Å²) < 4.78 is 0. The van der Waals surface area contributed by atoms with E-state index in [1.54, 1.807) is 6.33 Å². The van der Waals surface area contributed by atoms with Gasteiger partial charge in [-0.05, 0) is 36.8 Å². The van der Waals surface area contributed by atoms with Gasteiger partial charge in [0.05, 0.1) is 6.33 Å². The van der Waals surface area contributed by atoms with Crippen LogP contribution in [0.25, 0.3) is 11.2 Å². The van der Waals surface area contributed by atoms with Crippen molar-refractivity contribution in [3.8, 4) is 0 Å². The molecule has 1 aliphatic heterocycles. The molecule has 5 nitrogen and oxygen atoms in total. The molecule has 0 aromatic carbocycles.